The van der Waals surface area contributed by atoms with Crippen molar-refractivity contribution in [1.82, 2.24) is 0 Å². The normalized spacial score (nSPS) is 14.6. The van der Waals surface area contributed by atoms with Crippen LogP contribution in [0, 0.1) is 0 Å². The molecule has 5 nitrogen and oxygen atoms in total. The summed E-state index contributed by atoms with van der Waals surface area (Å²) in [6.07, 6.45) is 2.82. The highest BCUT2D eigenvalue weighted by atomic mass is 28.4. The van der Waals surface area contributed by atoms with Crippen molar-refractivity contribution in [3.63, 3.8) is 0 Å². The monoisotopic (exact) mass is 222 g/mol. The Morgan fingerprint density at radius 2 is 1.57 bits per heavy atom. The molecule has 14 heavy (non-hydrogen) atoms. The predicted molar refractivity (Wildman–Crippen MR) is 53.2 cm³/mol. The van der Waals surface area contributed by atoms with Crippen LogP contribution in [0.25, 0.3) is 0 Å². The summed E-state index contributed by atoms with van der Waals surface area (Å²) in [4.78, 5) is 0. The van der Waals surface area contributed by atoms with Crippen molar-refractivity contribution >= 4 is 9.05 Å². The van der Waals surface area contributed by atoms with Crippen LogP contribution in [-0.4, -0.2) is 36.7 Å². The highest BCUT2D eigenvalue weighted by molar-refractivity contribution is 6.53. The van der Waals surface area contributed by atoms with E-state index in [-0.39, 0.29) is 0 Å². The summed E-state index contributed by atoms with van der Waals surface area (Å²) < 4.78 is 25.7. The molecule has 0 aliphatic heterocycles. The average molecular weight is 222 g/mol. The van der Waals surface area contributed by atoms with E-state index >= 15 is 0 Å². The Kier molecular flexibility index (Phi) is 6.76. The molecule has 0 aromatic rings. The Hall–Kier alpha value is -0.403. The molecular weight excluding hydrogens is 204 g/mol. The molecule has 6 heteroatoms. The van der Waals surface area contributed by atoms with Crippen LogP contribution in [0.2, 0.25) is 0 Å². The van der Waals surface area contributed by atoms with E-state index < -0.39 is 15.3 Å². The van der Waals surface area contributed by atoms with Gasteiger partial charge in [-0.1, -0.05) is 6.08 Å². The third-order valence-corrected chi connectivity index (χ3v) is 3.59. The summed E-state index contributed by atoms with van der Waals surface area (Å²) in [6, 6.07) is 0. The third kappa shape index (κ3) is 4.21. The minimum Gasteiger partial charge on any atom is -0.474 e. The van der Waals surface area contributed by atoms with E-state index in [9.17, 15) is 0 Å². The molecule has 0 aliphatic carbocycles. The van der Waals surface area contributed by atoms with Crippen molar-refractivity contribution < 1.29 is 22.4 Å². The highest BCUT2D eigenvalue weighted by Gasteiger charge is 2.44. The van der Waals surface area contributed by atoms with E-state index in [1.54, 1.807) is 13.0 Å². The molecule has 1 unspecified atom stereocenters. The first-order valence-corrected chi connectivity index (χ1v) is 5.87. The second kappa shape index (κ2) is 6.96. The summed E-state index contributed by atoms with van der Waals surface area (Å²) in [6.45, 7) is 3.58. The first-order valence-electron chi connectivity index (χ1n) is 4.24. The Morgan fingerprint density at radius 3 is 1.93 bits per heavy atom. The molecule has 0 saturated heterocycles. The minimum absolute atomic E-state index is 0.474. The van der Waals surface area contributed by atoms with Crippen LogP contribution >= 0.6 is 0 Å². The van der Waals surface area contributed by atoms with Gasteiger partial charge < -0.3 is 22.4 Å². The van der Waals surface area contributed by atoms with Crippen LogP contribution < -0.4 is 0 Å². The predicted octanol–water partition coefficient (Wildman–Crippen LogP) is 1.27. The summed E-state index contributed by atoms with van der Waals surface area (Å²) in [7, 11) is 1.43. The lowest BCUT2D eigenvalue weighted by atomic mass is 10.7. The molecule has 0 bridgehead atoms. The second-order valence-electron chi connectivity index (χ2n) is 2.40. The third-order valence-electron chi connectivity index (χ3n) is 1.47. The topological polar surface area (TPSA) is 46.2 Å². The maximum absolute atomic E-state index is 5.39. The van der Waals surface area contributed by atoms with E-state index in [0.717, 1.165) is 0 Å². The molecule has 0 spiro atoms. The lowest BCUT2D eigenvalue weighted by Gasteiger charge is -2.25. The summed E-state index contributed by atoms with van der Waals surface area (Å²) in [5.41, 5.74) is 0. The van der Waals surface area contributed by atoms with Crippen LogP contribution in [0.15, 0.2) is 12.3 Å². The molecule has 0 saturated carbocycles. The van der Waals surface area contributed by atoms with Gasteiger partial charge in [0.05, 0.1) is 6.26 Å². The molecule has 0 aromatic carbocycles. The van der Waals surface area contributed by atoms with Crippen LogP contribution in [-0.2, 0) is 22.4 Å². The molecule has 0 radical (unpaired) electrons. The van der Waals surface area contributed by atoms with E-state index in [1.807, 2.05) is 6.92 Å². The lowest BCUT2D eigenvalue weighted by molar-refractivity contribution is -0.101. The summed E-state index contributed by atoms with van der Waals surface area (Å²) in [5.74, 6) is 0. The molecule has 0 aromatic heterocycles. The molecule has 0 fully saturated rings. The fraction of sp³-hybridized carbons (Fsp3) is 0.750. The van der Waals surface area contributed by atoms with Gasteiger partial charge in [-0.15, -0.1) is 0 Å². The first kappa shape index (κ1) is 13.6. The smallest absolute Gasteiger partial charge is 0.474 e. The standard InChI is InChI=1S/C8H18O5Si/c1-6-7-12-8(2)13-14(9-3,10-4)11-5/h6-8H,1-5H3. The van der Waals surface area contributed by atoms with Gasteiger partial charge >= 0.3 is 9.05 Å². The van der Waals surface area contributed by atoms with Gasteiger partial charge in [0.2, 0.25) is 0 Å². The van der Waals surface area contributed by atoms with Crippen LogP contribution in [0.4, 0.5) is 0 Å². The molecule has 1 atom stereocenters. The zero-order valence-corrected chi connectivity index (χ0v) is 10.3. The van der Waals surface area contributed by atoms with E-state index in [0.29, 0.717) is 0 Å². The molecular formula is C8H18O5Si. The quantitative estimate of drug-likeness (QED) is 0.369. The maximum Gasteiger partial charge on any atom is 0.681 e. The molecule has 84 valence electrons. The molecule has 0 amide bonds. The van der Waals surface area contributed by atoms with Crippen LogP contribution in [0.5, 0.6) is 0 Å². The highest BCUT2D eigenvalue weighted by Crippen LogP contribution is 2.11. The Balaban J connectivity index is 4.14. The van der Waals surface area contributed by atoms with Gasteiger partial charge in [-0.05, 0) is 13.8 Å². The van der Waals surface area contributed by atoms with Gasteiger partial charge in [-0.3, -0.25) is 0 Å². The largest absolute Gasteiger partial charge is 0.681 e. The Labute approximate surface area is 86.0 Å². The molecule has 0 heterocycles. The number of hydrogen-bond donors (Lipinski definition) is 0. The summed E-state index contributed by atoms with van der Waals surface area (Å²) >= 11 is 0. The van der Waals surface area contributed by atoms with Crippen molar-refractivity contribution in [2.45, 2.75) is 20.1 Å². The first-order chi connectivity index (χ1) is 6.64. The van der Waals surface area contributed by atoms with Crippen molar-refractivity contribution in [3.8, 4) is 0 Å². The second-order valence-corrected chi connectivity index (χ2v) is 4.86. The van der Waals surface area contributed by atoms with Gasteiger partial charge in [0.1, 0.15) is 0 Å². The van der Waals surface area contributed by atoms with Gasteiger partial charge in [0.25, 0.3) is 0 Å². The number of ether oxygens (including phenoxy) is 1. The van der Waals surface area contributed by atoms with Gasteiger partial charge in [0, 0.05) is 21.3 Å². The van der Waals surface area contributed by atoms with Crippen molar-refractivity contribution in [1.29, 1.82) is 0 Å². The van der Waals surface area contributed by atoms with Crippen LogP contribution in [0.3, 0.4) is 0 Å². The zero-order valence-electron chi connectivity index (χ0n) is 9.27. The average Bonchev–Trinajstić information content (AvgIpc) is 2.23. The van der Waals surface area contributed by atoms with Crippen LogP contribution in [0.1, 0.15) is 13.8 Å². The maximum atomic E-state index is 5.39. The fourth-order valence-electron chi connectivity index (χ4n) is 0.815. The van der Waals surface area contributed by atoms with Gasteiger partial charge in [-0.2, -0.15) is 0 Å². The van der Waals surface area contributed by atoms with Crippen molar-refractivity contribution in [2.75, 3.05) is 21.3 Å². The molecule has 0 rings (SSSR count). The van der Waals surface area contributed by atoms with E-state index in [2.05, 4.69) is 0 Å². The molecule has 0 N–H and O–H groups in total. The number of allylic oxidation sites excluding steroid dienone is 1. The van der Waals surface area contributed by atoms with Gasteiger partial charge in [0.15, 0.2) is 6.29 Å². The van der Waals surface area contributed by atoms with Gasteiger partial charge in [-0.25, -0.2) is 0 Å². The lowest BCUT2D eigenvalue weighted by Crippen LogP contribution is -2.48. The summed E-state index contributed by atoms with van der Waals surface area (Å²) in [5, 5.41) is 0. The number of rotatable bonds is 7. The van der Waals surface area contributed by atoms with Crippen molar-refractivity contribution in [2.24, 2.45) is 0 Å². The number of hydrogen-bond acceptors (Lipinski definition) is 5. The zero-order chi connectivity index (χ0) is 11.0. The Bertz CT molecular complexity index is 161. The minimum atomic E-state index is -2.99. The fourth-order valence-corrected chi connectivity index (χ4v) is 2.07. The van der Waals surface area contributed by atoms with E-state index in [4.69, 9.17) is 22.4 Å². The van der Waals surface area contributed by atoms with E-state index in [1.165, 1.54) is 27.6 Å². The Morgan fingerprint density at radius 1 is 1.07 bits per heavy atom. The van der Waals surface area contributed by atoms with Crippen molar-refractivity contribution in [3.05, 3.63) is 12.3 Å². The SMILES string of the molecule is CC=COC(C)O[Si](OC)(OC)OC. The molecule has 0 aliphatic rings.